The average molecular weight is 313 g/mol. The van der Waals surface area contributed by atoms with Gasteiger partial charge in [0.15, 0.2) is 11.5 Å². The van der Waals surface area contributed by atoms with Gasteiger partial charge in [0.1, 0.15) is 5.70 Å². The standard InChI is InChI=1S/C17H15NO5/c1-23-15-8-7-11(10-14(15)19)9-13(17(21)22)18-16(20)12-5-3-2-4-6-12/h2-10,19H,1H3,(H,18,20)(H,21,22)/b13-9+. The zero-order valence-electron chi connectivity index (χ0n) is 12.3. The molecular formula is C17H15NO5. The number of hydrogen-bond acceptors (Lipinski definition) is 4. The first-order valence-electron chi connectivity index (χ1n) is 6.69. The number of amides is 1. The third kappa shape index (κ3) is 4.10. The van der Waals surface area contributed by atoms with Crippen LogP contribution in [0.2, 0.25) is 0 Å². The smallest absolute Gasteiger partial charge is 0.352 e. The van der Waals surface area contributed by atoms with Crippen LogP contribution in [0.25, 0.3) is 6.08 Å². The van der Waals surface area contributed by atoms with E-state index >= 15 is 0 Å². The predicted molar refractivity (Wildman–Crippen MR) is 84.2 cm³/mol. The molecule has 2 rings (SSSR count). The van der Waals surface area contributed by atoms with Crippen molar-refractivity contribution in [2.24, 2.45) is 0 Å². The van der Waals surface area contributed by atoms with Crippen LogP contribution in [0.15, 0.2) is 54.2 Å². The van der Waals surface area contributed by atoms with Gasteiger partial charge in [-0.3, -0.25) is 4.79 Å². The number of ether oxygens (including phenoxy) is 1. The summed E-state index contributed by atoms with van der Waals surface area (Å²) in [5.41, 5.74) is 0.453. The van der Waals surface area contributed by atoms with Crippen molar-refractivity contribution >= 4 is 18.0 Å². The number of carboxylic acid groups (broad SMARTS) is 1. The van der Waals surface area contributed by atoms with Gasteiger partial charge in [0.25, 0.3) is 5.91 Å². The maximum Gasteiger partial charge on any atom is 0.352 e. The summed E-state index contributed by atoms with van der Waals surface area (Å²) in [6.45, 7) is 0. The van der Waals surface area contributed by atoms with Crippen LogP contribution < -0.4 is 10.1 Å². The predicted octanol–water partition coefficient (Wildman–Crippen LogP) is 2.26. The number of phenolic OH excluding ortho intramolecular Hbond substituents is 1. The molecule has 0 aliphatic rings. The first kappa shape index (κ1) is 16.1. The molecule has 0 fully saturated rings. The Kier molecular flexibility index (Phi) is 4.99. The molecule has 1 amide bonds. The molecule has 2 aromatic rings. The molecule has 0 aromatic heterocycles. The number of aliphatic carboxylic acids is 1. The number of phenols is 1. The fraction of sp³-hybridized carbons (Fsp3) is 0.0588. The number of rotatable bonds is 5. The minimum atomic E-state index is -1.29. The molecule has 0 spiro atoms. The summed E-state index contributed by atoms with van der Waals surface area (Å²) in [6.07, 6.45) is 1.25. The Morgan fingerprint density at radius 1 is 1.13 bits per heavy atom. The summed E-state index contributed by atoms with van der Waals surface area (Å²) in [7, 11) is 1.41. The van der Waals surface area contributed by atoms with Crippen molar-refractivity contribution in [2.75, 3.05) is 7.11 Å². The van der Waals surface area contributed by atoms with Crippen LogP contribution in [0, 0.1) is 0 Å². The third-order valence-corrected chi connectivity index (χ3v) is 3.03. The molecule has 0 heterocycles. The van der Waals surface area contributed by atoms with Crippen LogP contribution in [0.1, 0.15) is 15.9 Å². The highest BCUT2D eigenvalue weighted by atomic mass is 16.5. The fourth-order valence-electron chi connectivity index (χ4n) is 1.90. The van der Waals surface area contributed by atoms with Crippen molar-refractivity contribution in [3.8, 4) is 11.5 Å². The number of hydrogen-bond donors (Lipinski definition) is 3. The Hall–Kier alpha value is -3.28. The van der Waals surface area contributed by atoms with E-state index in [0.29, 0.717) is 11.1 Å². The summed E-state index contributed by atoms with van der Waals surface area (Å²) < 4.78 is 4.92. The minimum absolute atomic E-state index is 0.125. The van der Waals surface area contributed by atoms with Crippen molar-refractivity contribution in [2.45, 2.75) is 0 Å². The SMILES string of the molecule is COc1ccc(/C=C(/NC(=O)c2ccccc2)C(=O)O)cc1O. The van der Waals surface area contributed by atoms with E-state index in [-0.39, 0.29) is 17.2 Å². The second-order valence-corrected chi connectivity index (χ2v) is 4.61. The summed E-state index contributed by atoms with van der Waals surface area (Å²) >= 11 is 0. The van der Waals surface area contributed by atoms with Gasteiger partial charge in [0, 0.05) is 5.56 Å². The molecule has 0 atom stereocenters. The molecule has 0 unspecified atom stereocenters. The zero-order valence-corrected chi connectivity index (χ0v) is 12.3. The molecule has 0 aliphatic carbocycles. The number of carbonyl (C=O) groups excluding carboxylic acids is 1. The van der Waals surface area contributed by atoms with Crippen LogP contribution in [-0.4, -0.2) is 29.2 Å². The summed E-state index contributed by atoms with van der Waals surface area (Å²) in [5.74, 6) is -1.67. The van der Waals surface area contributed by atoms with Crippen LogP contribution in [0.5, 0.6) is 11.5 Å². The van der Waals surface area contributed by atoms with Crippen molar-refractivity contribution in [3.63, 3.8) is 0 Å². The molecule has 6 heteroatoms. The van der Waals surface area contributed by atoms with E-state index < -0.39 is 11.9 Å². The second kappa shape index (κ2) is 7.13. The molecule has 0 aliphatic heterocycles. The van der Waals surface area contributed by atoms with Gasteiger partial charge in [0.2, 0.25) is 0 Å². The molecule has 23 heavy (non-hydrogen) atoms. The fourth-order valence-corrected chi connectivity index (χ4v) is 1.90. The number of carbonyl (C=O) groups is 2. The van der Waals surface area contributed by atoms with E-state index in [1.54, 1.807) is 36.4 Å². The van der Waals surface area contributed by atoms with E-state index in [4.69, 9.17) is 4.74 Å². The summed E-state index contributed by atoms with van der Waals surface area (Å²) in [4.78, 5) is 23.3. The highest BCUT2D eigenvalue weighted by Gasteiger charge is 2.13. The molecule has 118 valence electrons. The van der Waals surface area contributed by atoms with Gasteiger partial charge in [-0.25, -0.2) is 4.79 Å². The highest BCUT2D eigenvalue weighted by Crippen LogP contribution is 2.27. The van der Waals surface area contributed by atoms with Crippen LogP contribution in [0.4, 0.5) is 0 Å². The molecule has 6 nitrogen and oxygen atoms in total. The van der Waals surface area contributed by atoms with Crippen LogP contribution >= 0.6 is 0 Å². The Morgan fingerprint density at radius 2 is 1.83 bits per heavy atom. The topological polar surface area (TPSA) is 95.9 Å². The monoisotopic (exact) mass is 313 g/mol. The lowest BCUT2D eigenvalue weighted by Gasteiger charge is -2.07. The Labute approximate surface area is 132 Å². The third-order valence-electron chi connectivity index (χ3n) is 3.03. The Morgan fingerprint density at radius 3 is 2.39 bits per heavy atom. The van der Waals surface area contributed by atoms with Gasteiger partial charge in [-0.15, -0.1) is 0 Å². The number of aromatic hydroxyl groups is 1. The Balaban J connectivity index is 2.26. The largest absolute Gasteiger partial charge is 0.504 e. The Bertz CT molecular complexity index is 753. The quantitative estimate of drug-likeness (QED) is 0.736. The lowest BCUT2D eigenvalue weighted by molar-refractivity contribution is -0.132. The van der Waals surface area contributed by atoms with Crippen molar-refractivity contribution in [1.82, 2.24) is 5.32 Å². The summed E-state index contributed by atoms with van der Waals surface area (Å²) in [5, 5.41) is 21.3. The number of benzene rings is 2. The van der Waals surface area contributed by atoms with E-state index in [2.05, 4.69) is 5.32 Å². The maximum absolute atomic E-state index is 12.0. The molecular weight excluding hydrogens is 298 g/mol. The second-order valence-electron chi connectivity index (χ2n) is 4.61. The van der Waals surface area contributed by atoms with E-state index in [9.17, 15) is 19.8 Å². The van der Waals surface area contributed by atoms with E-state index in [1.165, 1.54) is 25.3 Å². The van der Waals surface area contributed by atoms with Gasteiger partial charge in [-0.2, -0.15) is 0 Å². The summed E-state index contributed by atoms with van der Waals surface area (Å²) in [6, 6.07) is 12.7. The molecule has 2 aromatic carbocycles. The molecule has 3 N–H and O–H groups in total. The maximum atomic E-state index is 12.0. The number of nitrogens with one attached hydrogen (secondary N) is 1. The first-order chi connectivity index (χ1) is 11.0. The van der Waals surface area contributed by atoms with Gasteiger partial charge in [-0.05, 0) is 35.9 Å². The molecule has 0 bridgehead atoms. The lowest BCUT2D eigenvalue weighted by atomic mass is 10.1. The highest BCUT2D eigenvalue weighted by molar-refractivity contribution is 6.02. The number of carboxylic acids is 1. The molecule has 0 radical (unpaired) electrons. The van der Waals surface area contributed by atoms with Gasteiger partial charge < -0.3 is 20.3 Å². The zero-order chi connectivity index (χ0) is 16.8. The van der Waals surface area contributed by atoms with Crippen molar-refractivity contribution in [3.05, 3.63) is 65.4 Å². The van der Waals surface area contributed by atoms with Gasteiger partial charge in [0.05, 0.1) is 7.11 Å². The number of methoxy groups -OCH3 is 1. The minimum Gasteiger partial charge on any atom is -0.504 e. The molecule has 0 saturated carbocycles. The normalized spacial score (nSPS) is 10.9. The van der Waals surface area contributed by atoms with Crippen LogP contribution in [0.3, 0.4) is 0 Å². The first-order valence-corrected chi connectivity index (χ1v) is 6.69. The van der Waals surface area contributed by atoms with Crippen molar-refractivity contribution < 1.29 is 24.5 Å². The average Bonchev–Trinajstić information content (AvgIpc) is 2.55. The molecule has 0 saturated heterocycles. The van der Waals surface area contributed by atoms with Crippen molar-refractivity contribution in [1.29, 1.82) is 0 Å². The van der Waals surface area contributed by atoms with Gasteiger partial charge >= 0.3 is 5.97 Å². The van der Waals surface area contributed by atoms with E-state index in [0.717, 1.165) is 0 Å². The van der Waals surface area contributed by atoms with Gasteiger partial charge in [-0.1, -0.05) is 24.3 Å². The van der Waals surface area contributed by atoms with Crippen LogP contribution in [-0.2, 0) is 4.79 Å². The lowest BCUT2D eigenvalue weighted by Crippen LogP contribution is -2.27. The van der Waals surface area contributed by atoms with E-state index in [1.807, 2.05) is 0 Å².